The summed E-state index contributed by atoms with van der Waals surface area (Å²) in [6.07, 6.45) is 2.80. The lowest BCUT2D eigenvalue weighted by atomic mass is 10.2. The van der Waals surface area contributed by atoms with Gasteiger partial charge < -0.3 is 10.2 Å². The molecule has 1 N–H and O–H groups in total. The Morgan fingerprint density at radius 1 is 1.23 bits per heavy atom. The maximum atomic E-state index is 11.9. The number of carbonyl (C=O) groups excluding carboxylic acids is 1. The van der Waals surface area contributed by atoms with Crippen molar-refractivity contribution in [2.24, 2.45) is 0 Å². The summed E-state index contributed by atoms with van der Waals surface area (Å²) in [5.41, 5.74) is 1.52. The third-order valence-corrected chi connectivity index (χ3v) is 4.23. The zero-order valence-corrected chi connectivity index (χ0v) is 14.1. The summed E-state index contributed by atoms with van der Waals surface area (Å²) in [6, 6.07) is 7.15. The van der Waals surface area contributed by atoms with Crippen molar-refractivity contribution in [3.05, 3.63) is 36.9 Å². The molecule has 0 saturated carbocycles. The van der Waals surface area contributed by atoms with Crippen molar-refractivity contribution in [1.29, 1.82) is 0 Å². The second kappa shape index (κ2) is 7.84. The minimum atomic E-state index is -3.45. The van der Waals surface area contributed by atoms with Crippen LogP contribution in [0.3, 0.4) is 0 Å². The Balaban J connectivity index is 2.85. The van der Waals surface area contributed by atoms with Crippen LogP contribution in [0.2, 0.25) is 0 Å². The predicted octanol–water partition coefficient (Wildman–Crippen LogP) is 1.21. The van der Waals surface area contributed by atoms with Crippen molar-refractivity contribution in [1.82, 2.24) is 5.32 Å². The maximum absolute atomic E-state index is 11.9. The van der Waals surface area contributed by atoms with Gasteiger partial charge in [0.25, 0.3) is 0 Å². The van der Waals surface area contributed by atoms with E-state index in [2.05, 4.69) is 11.9 Å². The molecule has 1 aromatic rings. The Kier molecular flexibility index (Phi) is 6.42. The van der Waals surface area contributed by atoms with E-state index >= 15 is 0 Å². The second-order valence-corrected chi connectivity index (χ2v) is 7.00. The van der Waals surface area contributed by atoms with Gasteiger partial charge in [0.2, 0.25) is 15.9 Å². The van der Waals surface area contributed by atoms with Crippen LogP contribution in [0.5, 0.6) is 0 Å². The highest BCUT2D eigenvalue weighted by atomic mass is 32.2. The minimum Gasteiger partial charge on any atom is -0.378 e. The fourth-order valence-corrected chi connectivity index (χ4v) is 2.81. The SMILES string of the molecule is C=CCNC(=O)CCN(c1ccc(N(C)C)cc1)S(C)(=O)=O. The average Bonchev–Trinajstić information content (AvgIpc) is 2.44. The molecular formula is C15H23N3O3S. The molecule has 0 aliphatic heterocycles. The van der Waals surface area contributed by atoms with Crippen molar-refractivity contribution >= 4 is 27.3 Å². The van der Waals surface area contributed by atoms with E-state index in [4.69, 9.17) is 0 Å². The van der Waals surface area contributed by atoms with Crippen molar-refractivity contribution in [2.45, 2.75) is 6.42 Å². The molecule has 1 aromatic carbocycles. The van der Waals surface area contributed by atoms with E-state index < -0.39 is 10.0 Å². The third kappa shape index (κ3) is 5.40. The Labute approximate surface area is 132 Å². The van der Waals surface area contributed by atoms with Crippen LogP contribution >= 0.6 is 0 Å². The fourth-order valence-electron chi connectivity index (χ4n) is 1.88. The Bertz CT molecular complexity index is 609. The maximum Gasteiger partial charge on any atom is 0.232 e. The molecular weight excluding hydrogens is 302 g/mol. The quantitative estimate of drug-likeness (QED) is 0.730. The van der Waals surface area contributed by atoms with E-state index in [1.165, 1.54) is 4.31 Å². The van der Waals surface area contributed by atoms with Gasteiger partial charge in [0.15, 0.2) is 0 Å². The molecule has 0 atom stereocenters. The number of hydrogen-bond donors (Lipinski definition) is 1. The molecule has 1 amide bonds. The summed E-state index contributed by atoms with van der Waals surface area (Å²) >= 11 is 0. The summed E-state index contributed by atoms with van der Waals surface area (Å²) < 4.78 is 25.1. The van der Waals surface area contributed by atoms with E-state index in [0.29, 0.717) is 12.2 Å². The highest BCUT2D eigenvalue weighted by molar-refractivity contribution is 7.92. The number of carbonyl (C=O) groups is 1. The largest absolute Gasteiger partial charge is 0.378 e. The predicted molar refractivity (Wildman–Crippen MR) is 90.8 cm³/mol. The van der Waals surface area contributed by atoms with Crippen LogP contribution < -0.4 is 14.5 Å². The summed E-state index contributed by atoms with van der Waals surface area (Å²) in [4.78, 5) is 13.5. The number of benzene rings is 1. The van der Waals surface area contributed by atoms with E-state index in [0.717, 1.165) is 11.9 Å². The molecule has 0 bridgehead atoms. The summed E-state index contributed by atoms with van der Waals surface area (Å²) in [6.45, 7) is 3.98. The van der Waals surface area contributed by atoms with Gasteiger partial charge in [0, 0.05) is 39.3 Å². The molecule has 0 saturated heterocycles. The lowest BCUT2D eigenvalue weighted by Crippen LogP contribution is -2.34. The number of nitrogens with zero attached hydrogens (tertiary/aromatic N) is 2. The van der Waals surface area contributed by atoms with Gasteiger partial charge in [0.05, 0.1) is 11.9 Å². The highest BCUT2D eigenvalue weighted by Crippen LogP contribution is 2.21. The smallest absolute Gasteiger partial charge is 0.232 e. The first kappa shape index (κ1) is 18.0. The number of hydrogen-bond acceptors (Lipinski definition) is 4. The van der Waals surface area contributed by atoms with Gasteiger partial charge in [-0.25, -0.2) is 8.42 Å². The number of amides is 1. The first-order chi connectivity index (χ1) is 10.3. The summed E-state index contributed by atoms with van der Waals surface area (Å²) in [5, 5.41) is 2.63. The van der Waals surface area contributed by atoms with Crippen LogP contribution in [-0.2, 0) is 14.8 Å². The first-order valence-electron chi connectivity index (χ1n) is 6.88. The Morgan fingerprint density at radius 3 is 2.23 bits per heavy atom. The third-order valence-electron chi connectivity index (χ3n) is 3.04. The molecule has 1 rings (SSSR count). The number of nitrogens with one attached hydrogen (secondary N) is 1. The normalized spacial score (nSPS) is 10.9. The average molecular weight is 325 g/mol. The molecule has 7 heteroatoms. The van der Waals surface area contributed by atoms with Crippen LogP contribution in [0.25, 0.3) is 0 Å². The van der Waals surface area contributed by atoms with Crippen LogP contribution in [0, 0.1) is 0 Å². The first-order valence-corrected chi connectivity index (χ1v) is 8.73. The minimum absolute atomic E-state index is 0.0936. The van der Waals surface area contributed by atoms with E-state index in [1.807, 2.05) is 31.1 Å². The van der Waals surface area contributed by atoms with Gasteiger partial charge in [-0.05, 0) is 24.3 Å². The molecule has 0 spiro atoms. The second-order valence-electron chi connectivity index (χ2n) is 5.09. The standard InChI is InChI=1S/C15H23N3O3S/c1-5-11-16-15(19)10-12-18(22(4,20)21)14-8-6-13(7-9-14)17(2)3/h5-9H,1,10-12H2,2-4H3,(H,16,19). The van der Waals surface area contributed by atoms with Gasteiger partial charge in [-0.15, -0.1) is 6.58 Å². The highest BCUT2D eigenvalue weighted by Gasteiger charge is 2.18. The van der Waals surface area contributed by atoms with Crippen molar-refractivity contribution in [3.63, 3.8) is 0 Å². The number of sulfonamides is 1. The molecule has 0 heterocycles. The van der Waals surface area contributed by atoms with Gasteiger partial charge in [0.1, 0.15) is 0 Å². The molecule has 0 aliphatic carbocycles. The molecule has 0 fully saturated rings. The topological polar surface area (TPSA) is 69.7 Å². The monoisotopic (exact) mass is 325 g/mol. The van der Waals surface area contributed by atoms with Crippen LogP contribution in [0.1, 0.15) is 6.42 Å². The van der Waals surface area contributed by atoms with E-state index in [9.17, 15) is 13.2 Å². The molecule has 122 valence electrons. The molecule has 6 nitrogen and oxygen atoms in total. The molecule has 0 aromatic heterocycles. The van der Waals surface area contributed by atoms with Gasteiger partial charge in [-0.2, -0.15) is 0 Å². The van der Waals surface area contributed by atoms with Gasteiger partial charge in [-0.1, -0.05) is 6.08 Å². The van der Waals surface area contributed by atoms with Crippen LogP contribution in [-0.4, -0.2) is 47.8 Å². The fraction of sp³-hybridized carbons (Fsp3) is 0.400. The summed E-state index contributed by atoms with van der Waals surface area (Å²) in [5.74, 6) is -0.210. The van der Waals surface area contributed by atoms with E-state index in [1.54, 1.807) is 18.2 Å². The van der Waals surface area contributed by atoms with Crippen molar-refractivity contribution in [2.75, 3.05) is 42.6 Å². The summed E-state index contributed by atoms with van der Waals surface area (Å²) in [7, 11) is 0.372. The lowest BCUT2D eigenvalue weighted by Gasteiger charge is -2.23. The van der Waals surface area contributed by atoms with Crippen LogP contribution in [0.4, 0.5) is 11.4 Å². The zero-order valence-electron chi connectivity index (χ0n) is 13.2. The zero-order chi connectivity index (χ0) is 16.8. The lowest BCUT2D eigenvalue weighted by molar-refractivity contribution is -0.120. The van der Waals surface area contributed by atoms with E-state index in [-0.39, 0.29) is 18.9 Å². The van der Waals surface area contributed by atoms with Crippen molar-refractivity contribution < 1.29 is 13.2 Å². The van der Waals surface area contributed by atoms with Gasteiger partial charge in [-0.3, -0.25) is 9.10 Å². The molecule has 0 unspecified atom stereocenters. The molecule has 22 heavy (non-hydrogen) atoms. The van der Waals surface area contributed by atoms with Crippen LogP contribution in [0.15, 0.2) is 36.9 Å². The molecule has 0 aliphatic rings. The number of anilines is 2. The Hall–Kier alpha value is -2.02. The Morgan fingerprint density at radius 2 is 1.77 bits per heavy atom. The number of rotatable bonds is 8. The van der Waals surface area contributed by atoms with Crippen molar-refractivity contribution in [3.8, 4) is 0 Å². The van der Waals surface area contributed by atoms with Gasteiger partial charge >= 0.3 is 0 Å². The molecule has 0 radical (unpaired) electrons.